The summed E-state index contributed by atoms with van der Waals surface area (Å²) in [5.74, 6) is 0.892. The molecule has 0 fully saturated rings. The molecule has 0 spiro atoms. The summed E-state index contributed by atoms with van der Waals surface area (Å²) in [6.45, 7) is 11.7. The Bertz CT molecular complexity index is 526. The van der Waals surface area contributed by atoms with E-state index in [9.17, 15) is 0 Å². The summed E-state index contributed by atoms with van der Waals surface area (Å²) >= 11 is 0. The number of nitrogens with zero attached hydrogens (tertiary/aromatic N) is 2. The van der Waals surface area contributed by atoms with Crippen molar-refractivity contribution in [2.24, 2.45) is 0 Å². The Morgan fingerprint density at radius 2 is 1.84 bits per heavy atom. The quantitative estimate of drug-likeness (QED) is 0.397. The highest BCUT2D eigenvalue weighted by Gasteiger charge is 2.22. The molecule has 0 aliphatic heterocycles. The van der Waals surface area contributed by atoms with E-state index in [0.29, 0.717) is 12.1 Å². The van der Waals surface area contributed by atoms with Gasteiger partial charge in [-0.15, -0.1) is 0 Å². The molecule has 2 unspecified atom stereocenters. The van der Waals surface area contributed by atoms with Crippen LogP contribution in [0.4, 0.5) is 0 Å². The van der Waals surface area contributed by atoms with E-state index in [1.165, 1.54) is 11.1 Å². The standard InChI is InChI=1S/C21H36N4/c1-8-10-11-18(9-2)14-20(24(4)5)15-22-17(3)23-16-21(25(6)7)19-12-13-19/h8-12,20-23H,1,3,13-16H2,2,4-7H3/b11-10-,18-9+. The molecule has 0 saturated heterocycles. The minimum atomic E-state index is 0.398. The van der Waals surface area contributed by atoms with Gasteiger partial charge in [-0.3, -0.25) is 0 Å². The van der Waals surface area contributed by atoms with E-state index < -0.39 is 0 Å². The van der Waals surface area contributed by atoms with E-state index in [0.717, 1.165) is 31.8 Å². The van der Waals surface area contributed by atoms with Gasteiger partial charge in [0, 0.05) is 25.2 Å². The van der Waals surface area contributed by atoms with Crippen LogP contribution in [-0.4, -0.2) is 63.2 Å². The third kappa shape index (κ3) is 8.23. The molecule has 4 nitrogen and oxygen atoms in total. The number of hydrogen-bond acceptors (Lipinski definition) is 4. The van der Waals surface area contributed by atoms with Gasteiger partial charge in [0.25, 0.3) is 0 Å². The smallest absolute Gasteiger partial charge is 0.0913 e. The molecule has 0 aromatic rings. The molecule has 0 amide bonds. The fourth-order valence-corrected chi connectivity index (χ4v) is 2.68. The summed E-state index contributed by atoms with van der Waals surface area (Å²) < 4.78 is 0. The van der Waals surface area contributed by atoms with Crippen LogP contribution in [0.5, 0.6) is 0 Å². The van der Waals surface area contributed by atoms with Crippen LogP contribution in [0, 0.1) is 0 Å². The summed E-state index contributed by atoms with van der Waals surface area (Å²) in [6.07, 6.45) is 12.5. The van der Waals surface area contributed by atoms with Crippen molar-refractivity contribution in [1.29, 1.82) is 0 Å². The highest BCUT2D eigenvalue weighted by molar-refractivity contribution is 5.28. The molecule has 140 valence electrons. The minimum Gasteiger partial charge on any atom is -0.371 e. The lowest BCUT2D eigenvalue weighted by molar-refractivity contribution is 0.284. The van der Waals surface area contributed by atoms with E-state index in [1.54, 1.807) is 0 Å². The molecule has 25 heavy (non-hydrogen) atoms. The average Bonchev–Trinajstić information content (AvgIpc) is 3.38. The Kier molecular flexibility index (Phi) is 9.32. The number of likely N-dealkylation sites (N-methyl/N-ethyl adjacent to an activating group) is 2. The molecule has 0 bridgehead atoms. The fourth-order valence-electron chi connectivity index (χ4n) is 2.68. The molecule has 0 saturated carbocycles. The maximum Gasteiger partial charge on any atom is 0.0913 e. The molecule has 0 aromatic heterocycles. The lowest BCUT2D eigenvalue weighted by atomic mass is 10.0. The second-order valence-corrected chi connectivity index (χ2v) is 6.98. The summed E-state index contributed by atoms with van der Waals surface area (Å²) in [5.41, 5.74) is 2.83. The molecule has 2 N–H and O–H groups in total. The summed E-state index contributed by atoms with van der Waals surface area (Å²) in [4.78, 5) is 4.51. The molecule has 0 heterocycles. The molecule has 0 radical (unpaired) electrons. The van der Waals surface area contributed by atoms with Crippen LogP contribution < -0.4 is 10.6 Å². The molecule has 2 atom stereocenters. The summed E-state index contributed by atoms with van der Waals surface area (Å²) in [5, 5.41) is 6.88. The van der Waals surface area contributed by atoms with E-state index in [1.807, 2.05) is 12.2 Å². The van der Waals surface area contributed by atoms with Crippen molar-refractivity contribution in [3.8, 4) is 0 Å². The lowest BCUT2D eigenvalue weighted by Gasteiger charge is -2.27. The Hall–Kier alpha value is -1.78. The van der Waals surface area contributed by atoms with Gasteiger partial charge in [0.2, 0.25) is 0 Å². The zero-order valence-corrected chi connectivity index (χ0v) is 16.7. The maximum absolute atomic E-state index is 4.13. The largest absolute Gasteiger partial charge is 0.371 e. The molecule has 1 aliphatic carbocycles. The van der Waals surface area contributed by atoms with Crippen molar-refractivity contribution in [2.75, 3.05) is 41.3 Å². The van der Waals surface area contributed by atoms with Gasteiger partial charge in [0.1, 0.15) is 0 Å². The van der Waals surface area contributed by atoms with Crippen molar-refractivity contribution >= 4 is 0 Å². The molecule has 0 aromatic carbocycles. The van der Waals surface area contributed by atoms with Crippen LogP contribution in [0.15, 0.2) is 60.5 Å². The third-order valence-electron chi connectivity index (χ3n) is 4.57. The van der Waals surface area contributed by atoms with Crippen LogP contribution in [0.25, 0.3) is 0 Å². The van der Waals surface area contributed by atoms with Gasteiger partial charge in [-0.1, -0.05) is 54.7 Å². The highest BCUT2D eigenvalue weighted by atomic mass is 15.2. The van der Waals surface area contributed by atoms with Crippen molar-refractivity contribution in [1.82, 2.24) is 20.4 Å². The SMILES string of the molecule is C=C/C=C\C(=C/C)CC(CNC(=C)NCC(C1=CC1)N(C)C)N(C)C. The molecule has 1 rings (SSSR count). The van der Waals surface area contributed by atoms with Gasteiger partial charge < -0.3 is 20.4 Å². The van der Waals surface area contributed by atoms with Gasteiger partial charge in [-0.2, -0.15) is 0 Å². The topological polar surface area (TPSA) is 30.5 Å². The van der Waals surface area contributed by atoms with E-state index >= 15 is 0 Å². The number of allylic oxidation sites excluding steroid dienone is 5. The lowest BCUT2D eigenvalue weighted by Crippen LogP contribution is -2.43. The van der Waals surface area contributed by atoms with Crippen LogP contribution in [0.3, 0.4) is 0 Å². The van der Waals surface area contributed by atoms with Gasteiger partial charge in [-0.25, -0.2) is 0 Å². The van der Waals surface area contributed by atoms with Gasteiger partial charge in [-0.05, 0) is 48.0 Å². The number of hydrogen-bond donors (Lipinski definition) is 2. The highest BCUT2D eigenvalue weighted by Crippen LogP contribution is 2.24. The van der Waals surface area contributed by atoms with Gasteiger partial charge in [0.15, 0.2) is 0 Å². The predicted molar refractivity (Wildman–Crippen MR) is 111 cm³/mol. The van der Waals surface area contributed by atoms with Crippen molar-refractivity contribution < 1.29 is 0 Å². The summed E-state index contributed by atoms with van der Waals surface area (Å²) in [6, 6.07) is 0.858. The first-order chi connectivity index (χ1) is 11.9. The maximum atomic E-state index is 4.13. The Morgan fingerprint density at radius 1 is 1.20 bits per heavy atom. The Morgan fingerprint density at radius 3 is 2.32 bits per heavy atom. The first-order valence-electron chi connectivity index (χ1n) is 9.01. The van der Waals surface area contributed by atoms with Crippen LogP contribution in [-0.2, 0) is 0 Å². The molecule has 4 heteroatoms. The Balaban J connectivity index is 2.45. The van der Waals surface area contributed by atoms with Crippen molar-refractivity contribution in [3.05, 3.63) is 60.5 Å². The average molecular weight is 345 g/mol. The first-order valence-corrected chi connectivity index (χ1v) is 9.01. The number of nitrogens with one attached hydrogen (secondary N) is 2. The van der Waals surface area contributed by atoms with Crippen molar-refractivity contribution in [3.63, 3.8) is 0 Å². The second kappa shape index (κ2) is 11.0. The Labute approximate surface area is 154 Å². The molecular weight excluding hydrogens is 308 g/mol. The van der Waals surface area contributed by atoms with E-state index in [2.05, 4.69) is 86.9 Å². The van der Waals surface area contributed by atoms with Crippen molar-refractivity contribution in [2.45, 2.75) is 31.8 Å². The predicted octanol–water partition coefficient (Wildman–Crippen LogP) is 2.91. The van der Waals surface area contributed by atoms with E-state index in [4.69, 9.17) is 0 Å². The summed E-state index contributed by atoms with van der Waals surface area (Å²) in [7, 11) is 8.49. The van der Waals surface area contributed by atoms with E-state index in [-0.39, 0.29) is 0 Å². The fraction of sp³-hybridized carbons (Fsp3) is 0.524. The van der Waals surface area contributed by atoms with Crippen LogP contribution >= 0.6 is 0 Å². The number of rotatable bonds is 13. The first kappa shape index (κ1) is 21.3. The zero-order chi connectivity index (χ0) is 18.8. The third-order valence-corrected chi connectivity index (χ3v) is 4.57. The normalized spacial score (nSPS) is 16.8. The van der Waals surface area contributed by atoms with Gasteiger partial charge >= 0.3 is 0 Å². The second-order valence-electron chi connectivity index (χ2n) is 6.98. The van der Waals surface area contributed by atoms with Crippen LogP contribution in [0.1, 0.15) is 19.8 Å². The molecule has 1 aliphatic rings. The zero-order valence-electron chi connectivity index (χ0n) is 16.7. The van der Waals surface area contributed by atoms with Gasteiger partial charge in [0.05, 0.1) is 5.82 Å². The monoisotopic (exact) mass is 344 g/mol. The van der Waals surface area contributed by atoms with Crippen LogP contribution in [0.2, 0.25) is 0 Å². The molecular formula is C21H36N4. The minimum absolute atomic E-state index is 0.398.